The normalized spacial score (nSPS) is 24.7. The zero-order valence-corrected chi connectivity index (χ0v) is 27.2. The number of benzene rings is 1. The molecule has 0 saturated carbocycles. The van der Waals surface area contributed by atoms with Crippen LogP contribution in [0.3, 0.4) is 0 Å². The molecular weight excluding hydrogens is 546 g/mol. The first-order valence-corrected chi connectivity index (χ1v) is 15.7. The minimum absolute atomic E-state index is 0.0605. The summed E-state index contributed by atoms with van der Waals surface area (Å²) in [6, 6.07) is 4.66. The fraction of sp³-hybridized carbons (Fsp3) is 0.667. The Bertz CT molecular complexity index is 1070. The highest BCUT2D eigenvalue weighted by atomic mass is 16.2. The van der Waals surface area contributed by atoms with Crippen LogP contribution in [-0.4, -0.2) is 59.7 Å². The van der Waals surface area contributed by atoms with Crippen LogP contribution in [0.5, 0.6) is 0 Å². The van der Waals surface area contributed by atoms with E-state index in [1.807, 2.05) is 85.7 Å². The second-order valence-electron chi connectivity index (χ2n) is 13.5. The summed E-state index contributed by atoms with van der Waals surface area (Å²) in [5, 5.41) is 14.3. The topological polar surface area (TPSA) is 146 Å². The van der Waals surface area contributed by atoms with Crippen LogP contribution >= 0.6 is 0 Å². The predicted octanol–water partition coefficient (Wildman–Crippen LogP) is 2.85. The molecule has 1 aliphatic rings. The molecule has 1 fully saturated rings. The molecule has 1 aromatic rings. The van der Waals surface area contributed by atoms with Crippen molar-refractivity contribution in [3.05, 3.63) is 35.9 Å². The Hall–Kier alpha value is -3.43. The van der Waals surface area contributed by atoms with Gasteiger partial charge in [-0.05, 0) is 54.9 Å². The van der Waals surface area contributed by atoms with E-state index in [0.29, 0.717) is 25.7 Å². The smallest absolute Gasteiger partial charge is 0.243 e. The van der Waals surface area contributed by atoms with Crippen molar-refractivity contribution in [2.24, 2.45) is 23.7 Å². The van der Waals surface area contributed by atoms with Crippen LogP contribution in [0.15, 0.2) is 30.3 Å². The summed E-state index contributed by atoms with van der Waals surface area (Å²) in [4.78, 5) is 68.2. The minimum atomic E-state index is -0.994. The van der Waals surface area contributed by atoms with Crippen LogP contribution < -0.4 is 26.6 Å². The predicted molar refractivity (Wildman–Crippen MR) is 168 cm³/mol. The highest BCUT2D eigenvalue weighted by Crippen LogP contribution is 2.14. The lowest BCUT2D eigenvalue weighted by Gasteiger charge is -2.27. The maximum Gasteiger partial charge on any atom is 0.243 e. The molecule has 0 radical (unpaired) electrons. The van der Waals surface area contributed by atoms with E-state index in [-0.39, 0.29) is 30.1 Å². The first kappa shape index (κ1) is 35.8. The fourth-order valence-electron chi connectivity index (χ4n) is 5.23. The Balaban J connectivity index is 2.60. The molecule has 10 heteroatoms. The van der Waals surface area contributed by atoms with Gasteiger partial charge in [0, 0.05) is 6.42 Å². The molecule has 0 spiro atoms. The quantitative estimate of drug-likeness (QED) is 0.281. The highest BCUT2D eigenvalue weighted by molar-refractivity contribution is 5.98. The Morgan fingerprint density at radius 3 is 0.977 bits per heavy atom. The zero-order valence-electron chi connectivity index (χ0n) is 27.2. The molecule has 1 aliphatic heterocycles. The molecule has 1 heterocycles. The van der Waals surface area contributed by atoms with Crippen LogP contribution in [0.4, 0.5) is 0 Å². The SMILES string of the molecule is CC(C)C[C@@H]1NC(=O)[C@H](Cc2ccccc2)NC(=O)[C@H](CC(C)C)NC(=O)[C@H](CC(C)C)NC(=O)[C@H](CC(C)C)NC1=O. The molecule has 2 rings (SSSR count). The third-order valence-corrected chi connectivity index (χ3v) is 7.28. The Morgan fingerprint density at radius 1 is 0.442 bits per heavy atom. The average molecular weight is 600 g/mol. The molecule has 0 aromatic heterocycles. The number of nitrogens with one attached hydrogen (secondary N) is 5. The van der Waals surface area contributed by atoms with Crippen molar-refractivity contribution in [3.8, 4) is 0 Å². The van der Waals surface area contributed by atoms with Crippen molar-refractivity contribution in [2.45, 2.75) is 118 Å². The summed E-state index contributed by atoms with van der Waals surface area (Å²) in [6.07, 6.45) is 1.57. The lowest BCUT2D eigenvalue weighted by atomic mass is 9.98. The van der Waals surface area contributed by atoms with Gasteiger partial charge in [-0.2, -0.15) is 0 Å². The largest absolute Gasteiger partial charge is 0.343 e. The molecule has 43 heavy (non-hydrogen) atoms. The summed E-state index contributed by atoms with van der Waals surface area (Å²) in [7, 11) is 0. The molecule has 0 aliphatic carbocycles. The standard InChI is InChI=1S/C33H53N5O5/c1-19(2)14-24-29(39)34-25(15-20(3)4)30(40)36-27(17-22(7)8)32(42)38-28(18-23-12-10-9-11-13-23)33(43)37-26(16-21(5)6)31(41)35-24/h9-13,19-22,24-28H,14-18H2,1-8H3,(H,34,39)(H,35,41)(H,36,40)(H,37,43)(H,38,42)/t24-,25-,26-,27-,28-/m0/s1. The maximum atomic E-state index is 13.8. The number of carbonyl (C=O) groups excluding carboxylic acids is 5. The van der Waals surface area contributed by atoms with Gasteiger partial charge in [-0.1, -0.05) is 85.7 Å². The van der Waals surface area contributed by atoms with Crippen molar-refractivity contribution in [1.29, 1.82) is 0 Å². The van der Waals surface area contributed by atoms with E-state index in [1.165, 1.54) is 0 Å². The van der Waals surface area contributed by atoms with E-state index in [4.69, 9.17) is 0 Å². The summed E-state index contributed by atoms with van der Waals surface area (Å²) >= 11 is 0. The van der Waals surface area contributed by atoms with Gasteiger partial charge in [0.15, 0.2) is 0 Å². The Kier molecular flexibility index (Phi) is 14.1. The zero-order chi connectivity index (χ0) is 32.3. The number of amides is 5. The first-order chi connectivity index (χ1) is 20.2. The lowest BCUT2D eigenvalue weighted by molar-refractivity contribution is -0.134. The number of hydrogen-bond acceptors (Lipinski definition) is 5. The van der Waals surface area contributed by atoms with Crippen molar-refractivity contribution in [2.75, 3.05) is 0 Å². The van der Waals surface area contributed by atoms with Crippen LogP contribution in [0.1, 0.15) is 86.6 Å². The number of rotatable bonds is 10. The molecule has 1 aromatic carbocycles. The van der Waals surface area contributed by atoms with E-state index < -0.39 is 59.7 Å². The molecule has 240 valence electrons. The second kappa shape index (κ2) is 17.0. The second-order valence-corrected chi connectivity index (χ2v) is 13.5. The number of hydrogen-bond donors (Lipinski definition) is 5. The molecule has 5 atom stereocenters. The minimum Gasteiger partial charge on any atom is -0.343 e. The third-order valence-electron chi connectivity index (χ3n) is 7.28. The molecular formula is C33H53N5O5. The number of carbonyl (C=O) groups is 5. The van der Waals surface area contributed by atoms with Crippen LogP contribution in [0.25, 0.3) is 0 Å². The van der Waals surface area contributed by atoms with Crippen LogP contribution in [-0.2, 0) is 30.4 Å². The van der Waals surface area contributed by atoms with Crippen molar-refractivity contribution < 1.29 is 24.0 Å². The molecule has 1 saturated heterocycles. The van der Waals surface area contributed by atoms with E-state index in [1.54, 1.807) is 0 Å². The molecule has 5 amide bonds. The molecule has 0 unspecified atom stereocenters. The Morgan fingerprint density at radius 2 is 0.698 bits per heavy atom. The fourth-order valence-corrected chi connectivity index (χ4v) is 5.23. The summed E-state index contributed by atoms with van der Waals surface area (Å²) < 4.78 is 0. The third kappa shape index (κ3) is 12.4. The van der Waals surface area contributed by atoms with E-state index in [2.05, 4.69) is 26.6 Å². The maximum absolute atomic E-state index is 13.8. The van der Waals surface area contributed by atoms with Gasteiger partial charge in [-0.15, -0.1) is 0 Å². The van der Waals surface area contributed by atoms with Gasteiger partial charge < -0.3 is 26.6 Å². The summed E-state index contributed by atoms with van der Waals surface area (Å²) in [5.74, 6) is -2.17. The monoisotopic (exact) mass is 599 g/mol. The van der Waals surface area contributed by atoms with Gasteiger partial charge >= 0.3 is 0 Å². The van der Waals surface area contributed by atoms with Crippen LogP contribution in [0, 0.1) is 23.7 Å². The molecule has 0 bridgehead atoms. The molecule has 10 nitrogen and oxygen atoms in total. The lowest BCUT2D eigenvalue weighted by Crippen LogP contribution is -2.58. The van der Waals surface area contributed by atoms with Gasteiger partial charge in [-0.25, -0.2) is 0 Å². The van der Waals surface area contributed by atoms with Crippen molar-refractivity contribution in [3.63, 3.8) is 0 Å². The first-order valence-electron chi connectivity index (χ1n) is 15.7. The van der Waals surface area contributed by atoms with E-state index in [9.17, 15) is 24.0 Å². The Labute approximate surface area is 257 Å². The summed E-state index contributed by atoms with van der Waals surface area (Å²) in [5.41, 5.74) is 0.832. The van der Waals surface area contributed by atoms with Crippen molar-refractivity contribution >= 4 is 29.5 Å². The molecule has 5 N–H and O–H groups in total. The van der Waals surface area contributed by atoms with Gasteiger partial charge in [0.1, 0.15) is 30.2 Å². The summed E-state index contributed by atoms with van der Waals surface area (Å²) in [6.45, 7) is 15.6. The van der Waals surface area contributed by atoms with Gasteiger partial charge in [-0.3, -0.25) is 24.0 Å². The van der Waals surface area contributed by atoms with Gasteiger partial charge in [0.05, 0.1) is 0 Å². The average Bonchev–Trinajstić information content (AvgIpc) is 2.90. The van der Waals surface area contributed by atoms with Gasteiger partial charge in [0.2, 0.25) is 29.5 Å². The van der Waals surface area contributed by atoms with Crippen LogP contribution in [0.2, 0.25) is 0 Å². The van der Waals surface area contributed by atoms with E-state index >= 15 is 0 Å². The van der Waals surface area contributed by atoms with Crippen molar-refractivity contribution in [1.82, 2.24) is 26.6 Å². The van der Waals surface area contributed by atoms with Gasteiger partial charge in [0.25, 0.3) is 0 Å². The van der Waals surface area contributed by atoms with E-state index in [0.717, 1.165) is 5.56 Å². The highest BCUT2D eigenvalue weighted by Gasteiger charge is 2.35.